The number of hydrogen-bond donors (Lipinski definition) is 1. The number of amides is 1. The Morgan fingerprint density at radius 2 is 1.84 bits per heavy atom. The number of rotatable bonds is 4. The van der Waals surface area contributed by atoms with Crippen molar-refractivity contribution in [3.8, 4) is 0 Å². The van der Waals surface area contributed by atoms with Crippen molar-refractivity contribution in [3.05, 3.63) is 58.9 Å². The number of carbonyl (C=O) groups excluding carboxylic acids is 2. The molecule has 25 heavy (non-hydrogen) atoms. The summed E-state index contributed by atoms with van der Waals surface area (Å²) in [6.45, 7) is 1.29. The molecule has 0 fully saturated rings. The smallest absolute Gasteiger partial charge is 0.416 e. The van der Waals surface area contributed by atoms with Crippen molar-refractivity contribution < 1.29 is 27.5 Å². The highest BCUT2D eigenvalue weighted by Gasteiger charge is 2.31. The monoisotopic (exact) mass is 372 g/mol. The van der Waals surface area contributed by atoms with Crippen LogP contribution in [0.4, 0.5) is 18.9 Å². The minimum Gasteiger partial charge on any atom is -0.449 e. The Labute approximate surface area is 145 Å². The van der Waals surface area contributed by atoms with Crippen molar-refractivity contribution in [2.24, 2.45) is 0 Å². The number of nitrogens with one attached hydrogen (secondary N) is 1. The third kappa shape index (κ3) is 4.93. The van der Waals surface area contributed by atoms with Crippen LogP contribution in [0.1, 0.15) is 22.8 Å². The van der Waals surface area contributed by atoms with Gasteiger partial charge in [-0.05, 0) is 37.3 Å². The van der Waals surface area contributed by atoms with Crippen LogP contribution in [0.5, 0.6) is 0 Å². The molecule has 1 atom stereocenters. The van der Waals surface area contributed by atoms with Gasteiger partial charge < -0.3 is 10.1 Å². The van der Waals surface area contributed by atoms with Crippen LogP contribution < -0.4 is 5.32 Å². The van der Waals surface area contributed by atoms with Crippen LogP contribution in [0, 0.1) is 0 Å². The van der Waals surface area contributed by atoms with Gasteiger partial charge in [-0.15, -0.1) is 0 Å². The number of esters is 1. The normalized spacial score (nSPS) is 12.4. The van der Waals surface area contributed by atoms with Crippen molar-refractivity contribution in [2.45, 2.75) is 19.2 Å². The van der Waals surface area contributed by atoms with E-state index in [1.807, 2.05) is 0 Å². The second-order valence-corrected chi connectivity index (χ2v) is 5.37. The first-order valence-electron chi connectivity index (χ1n) is 6.97. The number of pyridine rings is 1. The van der Waals surface area contributed by atoms with E-state index in [9.17, 15) is 22.8 Å². The molecule has 5 nitrogen and oxygen atoms in total. The topological polar surface area (TPSA) is 68.3 Å². The number of nitrogens with zero attached hydrogens (tertiary/aromatic N) is 1. The van der Waals surface area contributed by atoms with E-state index < -0.39 is 29.7 Å². The van der Waals surface area contributed by atoms with Crippen LogP contribution in [-0.2, 0) is 15.7 Å². The van der Waals surface area contributed by atoms with Gasteiger partial charge >= 0.3 is 12.1 Å². The van der Waals surface area contributed by atoms with Gasteiger partial charge in [-0.3, -0.25) is 9.78 Å². The molecule has 0 unspecified atom stereocenters. The lowest BCUT2D eigenvalue weighted by molar-refractivity contribution is -0.137. The van der Waals surface area contributed by atoms with Crippen LogP contribution in [0.3, 0.4) is 0 Å². The minimum absolute atomic E-state index is 0.0750. The SMILES string of the molecule is C[C@H](OC(=O)c1ccncc1)C(=O)Nc1cc(C(F)(F)F)ccc1Cl. The molecule has 0 radical (unpaired) electrons. The van der Waals surface area contributed by atoms with Gasteiger partial charge in [-0.2, -0.15) is 13.2 Å². The lowest BCUT2D eigenvalue weighted by atomic mass is 10.2. The molecule has 1 amide bonds. The van der Waals surface area contributed by atoms with Crippen LogP contribution >= 0.6 is 11.6 Å². The lowest BCUT2D eigenvalue weighted by Crippen LogP contribution is -2.30. The Kier molecular flexibility index (Phi) is 5.63. The average molecular weight is 373 g/mol. The fourth-order valence-corrected chi connectivity index (χ4v) is 1.97. The van der Waals surface area contributed by atoms with E-state index in [1.54, 1.807) is 0 Å². The van der Waals surface area contributed by atoms with Crippen LogP contribution in [-0.4, -0.2) is 23.0 Å². The number of benzene rings is 1. The van der Waals surface area contributed by atoms with E-state index in [1.165, 1.54) is 31.5 Å². The molecule has 0 saturated heterocycles. The summed E-state index contributed by atoms with van der Waals surface area (Å²) in [4.78, 5) is 27.7. The zero-order valence-electron chi connectivity index (χ0n) is 12.8. The number of aromatic nitrogens is 1. The van der Waals surface area contributed by atoms with Gasteiger partial charge in [0.15, 0.2) is 6.10 Å². The molecule has 9 heteroatoms. The van der Waals surface area contributed by atoms with Gasteiger partial charge in [0.2, 0.25) is 0 Å². The van der Waals surface area contributed by atoms with Gasteiger partial charge in [-0.25, -0.2) is 4.79 Å². The van der Waals surface area contributed by atoms with E-state index in [0.29, 0.717) is 6.07 Å². The summed E-state index contributed by atoms with van der Waals surface area (Å²) in [5, 5.41) is 2.14. The fraction of sp³-hybridized carbons (Fsp3) is 0.188. The van der Waals surface area contributed by atoms with E-state index in [-0.39, 0.29) is 16.3 Å². The average Bonchev–Trinajstić information content (AvgIpc) is 2.56. The van der Waals surface area contributed by atoms with E-state index in [2.05, 4.69) is 10.3 Å². The number of hydrogen-bond acceptors (Lipinski definition) is 4. The van der Waals surface area contributed by atoms with Crippen molar-refractivity contribution in [2.75, 3.05) is 5.32 Å². The molecular formula is C16H12ClF3N2O3. The van der Waals surface area contributed by atoms with Crippen LogP contribution in [0.15, 0.2) is 42.7 Å². The number of halogens is 4. The molecule has 0 spiro atoms. The van der Waals surface area contributed by atoms with Crippen molar-refractivity contribution >= 4 is 29.2 Å². The molecule has 1 aromatic carbocycles. The molecule has 1 heterocycles. The summed E-state index contributed by atoms with van der Waals surface area (Å²) in [7, 11) is 0. The van der Waals surface area contributed by atoms with Crippen molar-refractivity contribution in [1.82, 2.24) is 4.98 Å². The second kappa shape index (κ2) is 7.52. The van der Waals surface area contributed by atoms with E-state index in [0.717, 1.165) is 12.1 Å². The van der Waals surface area contributed by atoms with Gasteiger partial charge in [0.05, 0.1) is 21.8 Å². The predicted octanol–water partition coefficient (Wildman–Crippen LogP) is 3.94. The summed E-state index contributed by atoms with van der Waals surface area (Å²) in [6.07, 6.45) is -3.07. The molecular weight excluding hydrogens is 361 g/mol. The predicted molar refractivity (Wildman–Crippen MR) is 84.2 cm³/mol. The van der Waals surface area contributed by atoms with E-state index in [4.69, 9.17) is 16.3 Å². The number of anilines is 1. The summed E-state index contributed by atoms with van der Waals surface area (Å²) < 4.78 is 43.1. The number of ether oxygens (including phenoxy) is 1. The second-order valence-electron chi connectivity index (χ2n) is 4.97. The highest BCUT2D eigenvalue weighted by molar-refractivity contribution is 6.33. The zero-order valence-corrected chi connectivity index (χ0v) is 13.6. The molecule has 132 valence electrons. The van der Waals surface area contributed by atoms with Crippen LogP contribution in [0.25, 0.3) is 0 Å². The first-order valence-corrected chi connectivity index (χ1v) is 7.35. The standard InChI is InChI=1S/C16H12ClF3N2O3/c1-9(25-15(24)10-4-6-21-7-5-10)14(23)22-13-8-11(16(18,19)20)2-3-12(13)17/h2-9H,1H3,(H,22,23)/t9-/m0/s1. The molecule has 0 saturated carbocycles. The molecule has 0 aliphatic rings. The highest BCUT2D eigenvalue weighted by Crippen LogP contribution is 2.33. The third-order valence-corrected chi connectivity index (χ3v) is 3.45. The first-order chi connectivity index (χ1) is 11.7. The highest BCUT2D eigenvalue weighted by atomic mass is 35.5. The first kappa shape index (κ1) is 18.7. The fourth-order valence-electron chi connectivity index (χ4n) is 1.80. The van der Waals surface area contributed by atoms with Gasteiger partial charge in [-0.1, -0.05) is 11.6 Å². The molecule has 1 aromatic heterocycles. The maximum absolute atomic E-state index is 12.7. The molecule has 0 bridgehead atoms. The van der Waals surface area contributed by atoms with Crippen LogP contribution in [0.2, 0.25) is 5.02 Å². The maximum Gasteiger partial charge on any atom is 0.416 e. The summed E-state index contributed by atoms with van der Waals surface area (Å²) >= 11 is 5.80. The van der Waals surface area contributed by atoms with E-state index >= 15 is 0 Å². The molecule has 2 rings (SSSR count). The Bertz CT molecular complexity index is 782. The summed E-state index contributed by atoms with van der Waals surface area (Å²) in [5.41, 5.74) is -1.01. The van der Waals surface area contributed by atoms with Gasteiger partial charge in [0, 0.05) is 12.4 Å². The maximum atomic E-state index is 12.7. The van der Waals surface area contributed by atoms with Crippen molar-refractivity contribution in [3.63, 3.8) is 0 Å². The zero-order chi connectivity index (χ0) is 18.6. The molecule has 1 N–H and O–H groups in total. The molecule has 0 aliphatic carbocycles. The Hall–Kier alpha value is -2.61. The Morgan fingerprint density at radius 3 is 2.44 bits per heavy atom. The summed E-state index contributed by atoms with van der Waals surface area (Å²) in [6, 6.07) is 5.32. The molecule has 2 aromatic rings. The largest absolute Gasteiger partial charge is 0.449 e. The number of carbonyl (C=O) groups is 2. The Morgan fingerprint density at radius 1 is 1.20 bits per heavy atom. The van der Waals surface area contributed by atoms with Crippen molar-refractivity contribution in [1.29, 1.82) is 0 Å². The summed E-state index contributed by atoms with van der Waals surface area (Å²) in [5.74, 6) is -1.58. The van der Waals surface area contributed by atoms with Gasteiger partial charge in [0.25, 0.3) is 5.91 Å². The third-order valence-electron chi connectivity index (χ3n) is 3.12. The lowest BCUT2D eigenvalue weighted by Gasteiger charge is -2.15. The van der Waals surface area contributed by atoms with Gasteiger partial charge in [0.1, 0.15) is 0 Å². The molecule has 0 aliphatic heterocycles. The quantitative estimate of drug-likeness (QED) is 0.825. The number of alkyl halides is 3. The minimum atomic E-state index is -4.58. The Balaban J connectivity index is 2.07.